The lowest BCUT2D eigenvalue weighted by Crippen LogP contribution is -2.37. The van der Waals surface area contributed by atoms with E-state index in [0.29, 0.717) is 5.69 Å². The molecule has 0 unspecified atom stereocenters. The second-order valence-corrected chi connectivity index (χ2v) is 4.77. The van der Waals surface area contributed by atoms with Gasteiger partial charge in [-0.2, -0.15) is 0 Å². The Labute approximate surface area is 117 Å². The zero-order valence-corrected chi connectivity index (χ0v) is 11.4. The number of tetrazole rings is 1. The van der Waals surface area contributed by atoms with Gasteiger partial charge >= 0.3 is 5.69 Å². The maximum Gasteiger partial charge on any atom is 0.471 e. The predicted molar refractivity (Wildman–Crippen MR) is 73.4 cm³/mol. The van der Waals surface area contributed by atoms with Gasteiger partial charge in [-0.15, -0.1) is 5.10 Å². The van der Waals surface area contributed by atoms with E-state index in [0.717, 1.165) is 10.2 Å². The standard InChI is InChI=1S/C13H9BrN4O/c14-11-8-4-5-9-12(11)17-13(19)15-18(16-17)10-6-2-1-3-7-10/h1-9H/p+1. The minimum absolute atomic E-state index is 0.296. The Kier molecular flexibility index (Phi) is 3.00. The smallest absolute Gasteiger partial charge is 0.214 e. The molecular weight excluding hydrogens is 308 g/mol. The molecule has 3 aromatic rings. The molecular formula is C13H10BrN4O+. The van der Waals surface area contributed by atoms with Crippen LogP contribution in [0, 0.1) is 0 Å². The summed E-state index contributed by atoms with van der Waals surface area (Å²) < 4.78 is 2.13. The van der Waals surface area contributed by atoms with E-state index in [9.17, 15) is 4.79 Å². The van der Waals surface area contributed by atoms with Crippen LogP contribution in [0.1, 0.15) is 0 Å². The number of hydrogen-bond acceptors (Lipinski definition) is 2. The largest absolute Gasteiger partial charge is 0.471 e. The number of para-hydroxylation sites is 2. The van der Waals surface area contributed by atoms with Crippen LogP contribution >= 0.6 is 15.9 Å². The Balaban J connectivity index is 2.14. The number of halogens is 1. The van der Waals surface area contributed by atoms with Crippen LogP contribution in [-0.4, -0.2) is 15.0 Å². The van der Waals surface area contributed by atoms with Gasteiger partial charge in [0.05, 0.1) is 4.47 Å². The van der Waals surface area contributed by atoms with Gasteiger partial charge in [0, 0.05) is 0 Å². The van der Waals surface area contributed by atoms with E-state index in [1.807, 2.05) is 54.6 Å². The molecule has 2 aromatic carbocycles. The number of H-pyrrole nitrogens is 1. The van der Waals surface area contributed by atoms with Crippen molar-refractivity contribution < 1.29 is 4.80 Å². The normalized spacial score (nSPS) is 10.6. The highest BCUT2D eigenvalue weighted by atomic mass is 79.9. The van der Waals surface area contributed by atoms with Gasteiger partial charge in [0.15, 0.2) is 11.4 Å². The fraction of sp³-hybridized carbons (Fsp3) is 0. The Morgan fingerprint density at radius 3 is 2.47 bits per heavy atom. The molecule has 0 saturated heterocycles. The minimum atomic E-state index is -0.296. The van der Waals surface area contributed by atoms with Crippen molar-refractivity contribution in [1.82, 2.24) is 15.0 Å². The molecule has 0 aliphatic carbocycles. The number of aromatic nitrogens is 4. The summed E-state index contributed by atoms with van der Waals surface area (Å²) in [6.07, 6.45) is 0. The summed E-state index contributed by atoms with van der Waals surface area (Å²) in [5.74, 6) is 0. The number of benzene rings is 2. The second kappa shape index (κ2) is 4.81. The van der Waals surface area contributed by atoms with E-state index in [-0.39, 0.29) is 5.69 Å². The number of hydrogen-bond donors (Lipinski definition) is 1. The van der Waals surface area contributed by atoms with E-state index in [4.69, 9.17) is 0 Å². The highest BCUT2D eigenvalue weighted by molar-refractivity contribution is 9.10. The van der Waals surface area contributed by atoms with Crippen LogP contribution in [-0.2, 0) is 0 Å². The maximum atomic E-state index is 12.0. The van der Waals surface area contributed by atoms with Crippen LogP contribution in [0.4, 0.5) is 0 Å². The van der Waals surface area contributed by atoms with Gasteiger partial charge in [0.1, 0.15) is 5.21 Å². The average molecular weight is 318 g/mol. The van der Waals surface area contributed by atoms with E-state index >= 15 is 0 Å². The topological polar surface area (TPSA) is 54.6 Å². The summed E-state index contributed by atoms with van der Waals surface area (Å²) in [6.45, 7) is 0. The zero-order chi connectivity index (χ0) is 13.2. The molecule has 0 atom stereocenters. The lowest BCUT2D eigenvalue weighted by Gasteiger charge is -1.94. The van der Waals surface area contributed by atoms with Crippen LogP contribution in [0.5, 0.6) is 0 Å². The Bertz CT molecular complexity index is 764. The third kappa shape index (κ3) is 2.22. The van der Waals surface area contributed by atoms with Gasteiger partial charge < -0.3 is 0 Å². The van der Waals surface area contributed by atoms with Gasteiger partial charge in [-0.05, 0) is 49.7 Å². The van der Waals surface area contributed by atoms with Gasteiger partial charge in [-0.25, -0.2) is 4.79 Å². The van der Waals surface area contributed by atoms with Crippen LogP contribution in [0.3, 0.4) is 0 Å². The highest BCUT2D eigenvalue weighted by Gasteiger charge is 2.18. The first-order valence-electron chi connectivity index (χ1n) is 5.68. The van der Waals surface area contributed by atoms with Gasteiger partial charge in [-0.1, -0.05) is 30.3 Å². The summed E-state index contributed by atoms with van der Waals surface area (Å²) in [6, 6.07) is 16.8. The first kappa shape index (κ1) is 11.9. The molecule has 0 bridgehead atoms. The molecule has 3 rings (SSSR count). The third-order valence-corrected chi connectivity index (χ3v) is 3.32. The molecule has 6 heteroatoms. The maximum absolute atomic E-state index is 12.0. The fourth-order valence-electron chi connectivity index (χ4n) is 1.76. The molecule has 0 aliphatic heterocycles. The van der Waals surface area contributed by atoms with Crippen molar-refractivity contribution in [2.75, 3.05) is 0 Å². The van der Waals surface area contributed by atoms with E-state index in [2.05, 4.69) is 26.2 Å². The van der Waals surface area contributed by atoms with Crippen LogP contribution in [0.25, 0.3) is 11.4 Å². The van der Waals surface area contributed by atoms with Crippen molar-refractivity contribution >= 4 is 15.9 Å². The molecule has 5 nitrogen and oxygen atoms in total. The molecule has 0 aliphatic rings. The third-order valence-electron chi connectivity index (χ3n) is 2.65. The molecule has 0 spiro atoms. The number of aromatic amines is 1. The van der Waals surface area contributed by atoms with Gasteiger partial charge in [0.25, 0.3) is 0 Å². The molecule has 19 heavy (non-hydrogen) atoms. The summed E-state index contributed by atoms with van der Waals surface area (Å²) >= 11 is 3.41. The fourth-order valence-corrected chi connectivity index (χ4v) is 2.21. The van der Waals surface area contributed by atoms with Gasteiger partial charge in [0.2, 0.25) is 0 Å². The SMILES string of the molecule is O=c1[nH][n+](-c2ccccc2)nn1-c1ccccc1Br. The molecule has 1 aromatic heterocycles. The highest BCUT2D eigenvalue weighted by Crippen LogP contribution is 2.17. The molecule has 0 amide bonds. The van der Waals surface area contributed by atoms with Crippen molar-refractivity contribution in [3.05, 3.63) is 69.6 Å². The summed E-state index contributed by atoms with van der Waals surface area (Å²) in [5.41, 5.74) is 1.19. The number of rotatable bonds is 2. The van der Waals surface area contributed by atoms with Crippen LogP contribution < -0.4 is 10.5 Å². The van der Waals surface area contributed by atoms with Crippen molar-refractivity contribution in [3.63, 3.8) is 0 Å². The Hall–Kier alpha value is -2.21. The Morgan fingerprint density at radius 1 is 1.05 bits per heavy atom. The molecule has 94 valence electrons. The quantitative estimate of drug-likeness (QED) is 0.730. The number of nitrogens with zero attached hydrogens (tertiary/aromatic N) is 3. The van der Waals surface area contributed by atoms with Gasteiger partial charge in [-0.3, -0.25) is 0 Å². The van der Waals surface area contributed by atoms with Crippen molar-refractivity contribution in [2.24, 2.45) is 0 Å². The van der Waals surface area contributed by atoms with Crippen LogP contribution in [0.15, 0.2) is 63.9 Å². The first-order chi connectivity index (χ1) is 9.25. The monoisotopic (exact) mass is 317 g/mol. The van der Waals surface area contributed by atoms with E-state index < -0.39 is 0 Å². The first-order valence-corrected chi connectivity index (χ1v) is 6.47. The van der Waals surface area contributed by atoms with Crippen molar-refractivity contribution in [2.45, 2.75) is 0 Å². The van der Waals surface area contributed by atoms with E-state index in [1.54, 1.807) is 0 Å². The lowest BCUT2D eigenvalue weighted by molar-refractivity contribution is -0.718. The summed E-state index contributed by atoms with van der Waals surface area (Å²) in [4.78, 5) is 13.4. The molecule has 1 heterocycles. The van der Waals surface area contributed by atoms with Crippen molar-refractivity contribution in [3.8, 4) is 11.4 Å². The summed E-state index contributed by atoms with van der Waals surface area (Å²) in [7, 11) is 0. The Morgan fingerprint density at radius 2 is 1.74 bits per heavy atom. The second-order valence-electron chi connectivity index (χ2n) is 3.92. The average Bonchev–Trinajstić information content (AvgIpc) is 2.82. The zero-order valence-electron chi connectivity index (χ0n) is 9.82. The van der Waals surface area contributed by atoms with Crippen LogP contribution in [0.2, 0.25) is 0 Å². The molecule has 1 N–H and O–H groups in total. The number of nitrogens with one attached hydrogen (secondary N) is 1. The predicted octanol–water partition coefficient (Wildman–Crippen LogP) is 1.60. The molecule has 0 fully saturated rings. The molecule has 0 saturated carbocycles. The lowest BCUT2D eigenvalue weighted by atomic mass is 10.3. The minimum Gasteiger partial charge on any atom is -0.214 e. The molecule has 0 radical (unpaired) electrons. The summed E-state index contributed by atoms with van der Waals surface area (Å²) in [5, 5.41) is 6.93. The van der Waals surface area contributed by atoms with Crippen molar-refractivity contribution in [1.29, 1.82) is 0 Å². The van der Waals surface area contributed by atoms with E-state index in [1.165, 1.54) is 9.48 Å².